The van der Waals surface area contributed by atoms with Crippen molar-refractivity contribution in [3.05, 3.63) is 66.4 Å². The van der Waals surface area contributed by atoms with Crippen molar-refractivity contribution in [2.45, 2.75) is 40.9 Å². The highest BCUT2D eigenvalue weighted by Crippen LogP contribution is 2.69. The number of para-hydroxylation sites is 1. The van der Waals surface area contributed by atoms with Crippen molar-refractivity contribution in [2.24, 2.45) is 5.41 Å². The number of rotatable bonds is 3. The molecule has 2 amide bonds. The molecule has 2 bridgehead atoms. The van der Waals surface area contributed by atoms with Crippen LogP contribution in [0.5, 0.6) is 0 Å². The Kier molecular flexibility index (Phi) is 4.76. The van der Waals surface area contributed by atoms with E-state index in [1.165, 1.54) is 48.8 Å². The van der Waals surface area contributed by atoms with Gasteiger partial charge in [-0.15, -0.1) is 0 Å². The maximum atomic E-state index is 14.0. The lowest BCUT2D eigenvalue weighted by molar-refractivity contribution is -0.164. The number of benzene rings is 2. The molecule has 36 heavy (non-hydrogen) atoms. The van der Waals surface area contributed by atoms with Gasteiger partial charge in [0.2, 0.25) is 0 Å². The van der Waals surface area contributed by atoms with E-state index in [0.717, 1.165) is 0 Å². The highest BCUT2D eigenvalue weighted by molar-refractivity contribution is 8.78. The second-order valence-electron chi connectivity index (χ2n) is 9.80. The summed E-state index contributed by atoms with van der Waals surface area (Å²) in [6, 6.07) is 16.8. The predicted molar refractivity (Wildman–Crippen MR) is 138 cm³/mol. The molecule has 0 aliphatic carbocycles. The molecule has 4 fully saturated rings. The van der Waals surface area contributed by atoms with Gasteiger partial charge in [-0.05, 0) is 32.0 Å². The molecule has 4 aliphatic rings. The number of carbonyl (C=O) groups excluding carboxylic acids is 2. The third-order valence-electron chi connectivity index (χ3n) is 7.65. The zero-order valence-corrected chi connectivity index (χ0v) is 22.2. The van der Waals surface area contributed by atoms with E-state index in [4.69, 9.17) is 0 Å². The standard InChI is InChI=1S/C25H22N4O4S3/c1-23(15-26)14-25-22(31)27(3)24(2,34-35-25)21(30)29(25)20(23)18-13-28(19-12-8-7-11-17(18)19)36(32,33)16-9-5-4-6-10-16/h4-13,20H,14H2,1-3H3/t20?,23-,24+,25+/m1/s1. The van der Waals surface area contributed by atoms with Crippen molar-refractivity contribution in [3.8, 4) is 6.07 Å². The Morgan fingerprint density at radius 3 is 2.36 bits per heavy atom. The van der Waals surface area contributed by atoms with Crippen molar-refractivity contribution in [1.29, 1.82) is 5.26 Å². The Morgan fingerprint density at radius 1 is 1.00 bits per heavy atom. The van der Waals surface area contributed by atoms with E-state index in [2.05, 4.69) is 6.07 Å². The first-order valence-corrected chi connectivity index (χ1v) is 14.9. The van der Waals surface area contributed by atoms with Crippen LogP contribution in [0.4, 0.5) is 0 Å². The van der Waals surface area contributed by atoms with Gasteiger partial charge in [-0.3, -0.25) is 9.59 Å². The van der Waals surface area contributed by atoms with Gasteiger partial charge in [-0.25, -0.2) is 12.4 Å². The quantitative estimate of drug-likeness (QED) is 0.465. The van der Waals surface area contributed by atoms with Crippen LogP contribution in [-0.4, -0.2) is 50.8 Å². The number of nitriles is 1. The fourth-order valence-corrected chi connectivity index (χ4v) is 10.7. The summed E-state index contributed by atoms with van der Waals surface area (Å²) in [6.45, 7) is 3.47. The van der Waals surface area contributed by atoms with Crippen molar-refractivity contribution in [2.75, 3.05) is 7.05 Å². The Morgan fingerprint density at radius 2 is 1.67 bits per heavy atom. The van der Waals surface area contributed by atoms with Crippen LogP contribution >= 0.6 is 21.6 Å². The second kappa shape index (κ2) is 7.31. The molecule has 0 N–H and O–H groups in total. The minimum absolute atomic E-state index is 0.132. The minimum atomic E-state index is -3.96. The van der Waals surface area contributed by atoms with Crippen LogP contribution in [0.1, 0.15) is 31.9 Å². The molecular weight excluding hydrogens is 517 g/mol. The smallest absolute Gasteiger partial charge is 0.268 e. The summed E-state index contributed by atoms with van der Waals surface area (Å²) in [5, 5.41) is 11.0. The lowest BCUT2D eigenvalue weighted by Gasteiger charge is -2.57. The molecule has 1 aromatic heterocycles. The molecular formula is C25H22N4O4S3. The number of amides is 2. The first-order chi connectivity index (χ1) is 17.0. The van der Waals surface area contributed by atoms with E-state index in [1.807, 2.05) is 0 Å². The van der Waals surface area contributed by atoms with Crippen LogP contribution in [0.25, 0.3) is 10.9 Å². The summed E-state index contributed by atoms with van der Waals surface area (Å²) in [7, 11) is 0.339. The first-order valence-electron chi connectivity index (χ1n) is 11.3. The minimum Gasteiger partial charge on any atom is -0.319 e. The van der Waals surface area contributed by atoms with E-state index < -0.39 is 31.2 Å². The molecule has 0 radical (unpaired) electrons. The van der Waals surface area contributed by atoms with Crippen molar-refractivity contribution in [1.82, 2.24) is 13.8 Å². The average molecular weight is 539 g/mol. The molecule has 2 aromatic carbocycles. The molecule has 4 atom stereocenters. The molecule has 4 saturated heterocycles. The largest absolute Gasteiger partial charge is 0.319 e. The lowest BCUT2D eigenvalue weighted by atomic mass is 9.79. The number of hydrogen-bond acceptors (Lipinski definition) is 7. The number of nitrogens with zero attached hydrogens (tertiary/aromatic N) is 4. The number of piperazine rings is 1. The summed E-state index contributed by atoms with van der Waals surface area (Å²) in [5.74, 6) is -0.460. The molecule has 4 aliphatic heterocycles. The molecule has 8 nitrogen and oxygen atoms in total. The number of likely N-dealkylation sites (N-methyl/N-ethyl adjacent to an activating group) is 1. The normalized spacial score (nSPS) is 31.7. The van der Waals surface area contributed by atoms with E-state index in [1.54, 1.807) is 68.3 Å². The van der Waals surface area contributed by atoms with Gasteiger partial charge in [0, 0.05) is 30.6 Å². The van der Waals surface area contributed by atoms with Crippen LogP contribution in [-0.2, 0) is 19.6 Å². The summed E-state index contributed by atoms with van der Waals surface area (Å²) in [4.78, 5) is 28.4. The average Bonchev–Trinajstić information content (AvgIpc) is 3.39. The van der Waals surface area contributed by atoms with Gasteiger partial charge in [-0.2, -0.15) is 5.26 Å². The van der Waals surface area contributed by atoms with E-state index in [0.29, 0.717) is 16.5 Å². The topological polar surface area (TPSA) is 103 Å². The first kappa shape index (κ1) is 23.5. The molecule has 3 aromatic rings. The number of aromatic nitrogens is 1. The predicted octanol–water partition coefficient (Wildman–Crippen LogP) is 3.96. The molecule has 1 unspecified atom stereocenters. The molecule has 1 spiro atoms. The SMILES string of the molecule is CN1C(=O)[C@@]23C[C@](C)(C#N)C(c4cn(S(=O)(=O)c5ccccc5)c5ccccc45)N2C(=O)[C@]1(C)SS3. The second-order valence-corrected chi connectivity index (χ2v) is 14.4. The third kappa shape index (κ3) is 2.69. The van der Waals surface area contributed by atoms with Crippen molar-refractivity contribution < 1.29 is 18.0 Å². The Labute approximate surface area is 216 Å². The van der Waals surface area contributed by atoms with Crippen LogP contribution < -0.4 is 0 Å². The fourth-order valence-electron chi connectivity index (χ4n) is 5.68. The number of carbonyl (C=O) groups is 2. The molecule has 7 rings (SSSR count). The number of hydrogen-bond donors (Lipinski definition) is 0. The summed E-state index contributed by atoms with van der Waals surface area (Å²) < 4.78 is 28.6. The van der Waals surface area contributed by atoms with Gasteiger partial charge >= 0.3 is 0 Å². The van der Waals surface area contributed by atoms with Crippen LogP contribution in [0.15, 0.2) is 65.7 Å². The zero-order valence-electron chi connectivity index (χ0n) is 19.7. The van der Waals surface area contributed by atoms with Gasteiger partial charge in [0.1, 0.15) is 0 Å². The summed E-state index contributed by atoms with van der Waals surface area (Å²) >= 11 is 0. The van der Waals surface area contributed by atoms with Crippen molar-refractivity contribution >= 4 is 54.3 Å². The van der Waals surface area contributed by atoms with E-state index in [9.17, 15) is 23.3 Å². The van der Waals surface area contributed by atoms with Gasteiger partial charge in [0.15, 0.2) is 9.74 Å². The molecule has 0 saturated carbocycles. The van der Waals surface area contributed by atoms with E-state index >= 15 is 0 Å². The molecule has 5 heterocycles. The van der Waals surface area contributed by atoms with Gasteiger partial charge in [-0.1, -0.05) is 58.0 Å². The Balaban J connectivity index is 1.62. The molecule has 11 heteroatoms. The summed E-state index contributed by atoms with van der Waals surface area (Å²) in [6.07, 6.45) is 1.67. The van der Waals surface area contributed by atoms with Gasteiger partial charge < -0.3 is 9.80 Å². The van der Waals surface area contributed by atoms with Crippen molar-refractivity contribution in [3.63, 3.8) is 0 Å². The van der Waals surface area contributed by atoms with Crippen LogP contribution in [0.2, 0.25) is 0 Å². The zero-order chi connectivity index (χ0) is 25.7. The summed E-state index contributed by atoms with van der Waals surface area (Å²) in [5.41, 5.74) is -0.138. The van der Waals surface area contributed by atoms with Crippen LogP contribution in [0, 0.1) is 16.7 Å². The Bertz CT molecular complexity index is 1610. The third-order valence-corrected chi connectivity index (χ3v) is 13.0. The monoisotopic (exact) mass is 538 g/mol. The molecule has 184 valence electrons. The maximum absolute atomic E-state index is 14.0. The van der Waals surface area contributed by atoms with Crippen LogP contribution in [0.3, 0.4) is 0 Å². The van der Waals surface area contributed by atoms with Gasteiger partial charge in [0.05, 0.1) is 27.9 Å². The maximum Gasteiger partial charge on any atom is 0.268 e. The highest BCUT2D eigenvalue weighted by atomic mass is 33.1. The van der Waals surface area contributed by atoms with E-state index in [-0.39, 0.29) is 23.1 Å². The highest BCUT2D eigenvalue weighted by Gasteiger charge is 2.75. The van der Waals surface area contributed by atoms with Gasteiger partial charge in [0.25, 0.3) is 21.8 Å². The lowest BCUT2D eigenvalue weighted by Crippen LogP contribution is -2.73. The Hall–Kier alpha value is -2.94. The number of fused-ring (bicyclic) bond motifs is 3. The fraction of sp³-hybridized carbons (Fsp3) is 0.320.